The third-order valence-corrected chi connectivity index (χ3v) is 3.90. The minimum atomic E-state index is -0.875. The zero-order chi connectivity index (χ0) is 16.2. The number of aromatic nitrogens is 1. The van der Waals surface area contributed by atoms with Crippen molar-refractivity contribution in [3.8, 4) is 0 Å². The molecule has 4 nitrogen and oxygen atoms in total. The summed E-state index contributed by atoms with van der Waals surface area (Å²) in [7, 11) is 0. The highest BCUT2D eigenvalue weighted by Gasteiger charge is 2.18. The molecule has 0 fully saturated rings. The van der Waals surface area contributed by atoms with Crippen molar-refractivity contribution in [2.24, 2.45) is 0 Å². The lowest BCUT2D eigenvalue weighted by Gasteiger charge is -2.07. The van der Waals surface area contributed by atoms with Crippen LogP contribution in [0.3, 0.4) is 0 Å². The highest BCUT2D eigenvalue weighted by molar-refractivity contribution is 9.10. The summed E-state index contributed by atoms with van der Waals surface area (Å²) in [5, 5.41) is 0.959. The van der Waals surface area contributed by atoms with Gasteiger partial charge >= 0.3 is 5.97 Å². The van der Waals surface area contributed by atoms with Crippen LogP contribution in [0.5, 0.6) is 0 Å². The lowest BCUT2D eigenvalue weighted by molar-refractivity contribution is -0.139. The largest absolute Gasteiger partial charge is 0.455 e. The number of esters is 1. The summed E-state index contributed by atoms with van der Waals surface area (Å²) in [6.45, 7) is 0.00938. The second-order valence-corrected chi connectivity index (χ2v) is 5.82. The fourth-order valence-electron chi connectivity index (χ4n) is 2.21. The van der Waals surface area contributed by atoms with E-state index >= 15 is 0 Å². The van der Waals surface area contributed by atoms with Gasteiger partial charge in [0.25, 0.3) is 5.78 Å². The number of carbonyl (C=O) groups excluding carboxylic acids is 2. The summed E-state index contributed by atoms with van der Waals surface area (Å²) in [5.74, 6) is -1.54. The first-order chi connectivity index (χ1) is 11.1. The minimum absolute atomic E-state index is 0.00938. The molecular weight excluding hydrogens is 358 g/mol. The van der Waals surface area contributed by atoms with E-state index in [1.807, 2.05) is 30.3 Å². The number of carbonyl (C=O) groups is 2. The topological polar surface area (TPSA) is 56.3 Å². The first-order valence-corrected chi connectivity index (χ1v) is 7.74. The average molecular weight is 370 g/mol. The van der Waals surface area contributed by atoms with Crippen LogP contribution in [0, 0.1) is 0 Å². The Morgan fingerprint density at radius 3 is 2.52 bits per heavy atom. The van der Waals surface area contributed by atoms with Crippen LogP contribution in [-0.4, -0.2) is 16.7 Å². The number of nitrogens with zero attached hydrogens (tertiary/aromatic N) is 1. The number of benzene rings is 2. The summed E-state index contributed by atoms with van der Waals surface area (Å²) in [4.78, 5) is 28.3. The van der Waals surface area contributed by atoms with Crippen molar-refractivity contribution < 1.29 is 14.3 Å². The third-order valence-electron chi connectivity index (χ3n) is 3.37. The van der Waals surface area contributed by atoms with Crippen molar-refractivity contribution >= 4 is 38.6 Å². The molecule has 0 atom stereocenters. The quantitative estimate of drug-likeness (QED) is 0.397. The maximum absolute atomic E-state index is 12.0. The molecule has 0 aliphatic heterocycles. The summed E-state index contributed by atoms with van der Waals surface area (Å²) >= 11 is 3.28. The van der Waals surface area contributed by atoms with Gasteiger partial charge in [0.15, 0.2) is 0 Å². The van der Waals surface area contributed by atoms with E-state index in [9.17, 15) is 9.59 Å². The zero-order valence-corrected chi connectivity index (χ0v) is 13.6. The molecule has 1 heterocycles. The van der Waals surface area contributed by atoms with Crippen LogP contribution in [0.1, 0.15) is 15.9 Å². The third kappa shape index (κ3) is 3.46. The summed E-state index contributed by atoms with van der Waals surface area (Å²) in [6.07, 6.45) is 1.68. The van der Waals surface area contributed by atoms with Crippen LogP contribution in [0.2, 0.25) is 0 Å². The molecular formula is C18H12BrNO3. The smallest absolute Gasteiger partial charge is 0.380 e. The molecule has 0 N–H and O–H groups in total. The van der Waals surface area contributed by atoms with Crippen molar-refractivity contribution in [2.75, 3.05) is 0 Å². The van der Waals surface area contributed by atoms with Crippen LogP contribution >= 0.6 is 15.9 Å². The fourth-order valence-corrected chi connectivity index (χ4v) is 2.48. The van der Waals surface area contributed by atoms with E-state index in [0.717, 1.165) is 20.9 Å². The molecule has 0 bridgehead atoms. The van der Waals surface area contributed by atoms with E-state index in [0.29, 0.717) is 5.56 Å². The number of fused-ring (bicyclic) bond motifs is 1. The van der Waals surface area contributed by atoms with Gasteiger partial charge in [0.2, 0.25) is 0 Å². The van der Waals surface area contributed by atoms with Crippen LogP contribution in [-0.2, 0) is 16.1 Å². The molecule has 3 aromatic rings. The molecule has 1 aromatic heterocycles. The normalized spacial score (nSPS) is 10.5. The van der Waals surface area contributed by atoms with Gasteiger partial charge in [-0.1, -0.05) is 40.2 Å². The molecule has 2 aromatic carbocycles. The molecule has 3 rings (SSSR count). The molecule has 114 valence electrons. The van der Waals surface area contributed by atoms with Gasteiger partial charge < -0.3 is 4.74 Å². The molecule has 0 aliphatic carbocycles. The van der Waals surface area contributed by atoms with Crippen LogP contribution < -0.4 is 0 Å². The number of Topliss-reactive ketones (excluding diaryl/α,β-unsaturated/α-hetero) is 1. The maximum atomic E-state index is 12.0. The SMILES string of the molecule is O=C(OCc1cccc2cccnc12)C(=O)c1ccc(Br)cc1. The molecule has 0 saturated heterocycles. The Kier molecular flexibility index (Phi) is 4.48. The van der Waals surface area contributed by atoms with Gasteiger partial charge in [-0.3, -0.25) is 9.78 Å². The lowest BCUT2D eigenvalue weighted by atomic mass is 10.1. The number of halogens is 1. The Morgan fingerprint density at radius 1 is 1.00 bits per heavy atom. The van der Waals surface area contributed by atoms with Gasteiger partial charge in [-0.2, -0.15) is 0 Å². The van der Waals surface area contributed by atoms with Gasteiger partial charge in [-0.15, -0.1) is 0 Å². The number of para-hydroxylation sites is 1. The number of pyridine rings is 1. The summed E-state index contributed by atoms with van der Waals surface area (Å²) in [5.41, 5.74) is 1.83. The Balaban J connectivity index is 1.73. The zero-order valence-electron chi connectivity index (χ0n) is 12.0. The van der Waals surface area contributed by atoms with Crippen molar-refractivity contribution in [3.63, 3.8) is 0 Å². The van der Waals surface area contributed by atoms with Crippen LogP contribution in [0.4, 0.5) is 0 Å². The summed E-state index contributed by atoms with van der Waals surface area (Å²) in [6, 6.07) is 16.0. The average Bonchev–Trinajstić information content (AvgIpc) is 2.59. The monoisotopic (exact) mass is 369 g/mol. The molecule has 23 heavy (non-hydrogen) atoms. The molecule has 0 spiro atoms. The van der Waals surface area contributed by atoms with Crippen molar-refractivity contribution in [1.29, 1.82) is 0 Å². The number of hydrogen-bond acceptors (Lipinski definition) is 4. The second-order valence-electron chi connectivity index (χ2n) is 4.90. The molecule has 5 heteroatoms. The lowest BCUT2D eigenvalue weighted by Crippen LogP contribution is -2.17. The highest BCUT2D eigenvalue weighted by Crippen LogP contribution is 2.17. The van der Waals surface area contributed by atoms with E-state index in [1.54, 1.807) is 30.5 Å². The van der Waals surface area contributed by atoms with Gasteiger partial charge in [0, 0.05) is 27.2 Å². The summed E-state index contributed by atoms with van der Waals surface area (Å²) < 4.78 is 5.98. The first kappa shape index (κ1) is 15.4. The van der Waals surface area contributed by atoms with E-state index in [2.05, 4.69) is 20.9 Å². The number of ketones is 1. The number of hydrogen-bond donors (Lipinski definition) is 0. The van der Waals surface area contributed by atoms with Gasteiger partial charge in [0.05, 0.1) is 5.52 Å². The van der Waals surface area contributed by atoms with Gasteiger partial charge in [-0.05, 0) is 30.3 Å². The van der Waals surface area contributed by atoms with Crippen molar-refractivity contribution in [2.45, 2.75) is 6.61 Å². The molecule has 0 unspecified atom stereocenters. The highest BCUT2D eigenvalue weighted by atomic mass is 79.9. The van der Waals surface area contributed by atoms with E-state index < -0.39 is 11.8 Å². The molecule has 0 aliphatic rings. The molecule has 0 saturated carbocycles. The minimum Gasteiger partial charge on any atom is -0.455 e. The Bertz CT molecular complexity index is 870. The second kappa shape index (κ2) is 6.71. The van der Waals surface area contributed by atoms with Crippen molar-refractivity contribution in [1.82, 2.24) is 4.98 Å². The van der Waals surface area contributed by atoms with Crippen LogP contribution in [0.25, 0.3) is 10.9 Å². The first-order valence-electron chi connectivity index (χ1n) is 6.95. The van der Waals surface area contributed by atoms with Crippen LogP contribution in [0.15, 0.2) is 65.3 Å². The maximum Gasteiger partial charge on any atom is 0.380 e. The Labute approximate surface area is 141 Å². The fraction of sp³-hybridized carbons (Fsp3) is 0.0556. The van der Waals surface area contributed by atoms with E-state index in [-0.39, 0.29) is 6.61 Å². The Morgan fingerprint density at radius 2 is 1.74 bits per heavy atom. The molecule has 0 radical (unpaired) electrons. The standard InChI is InChI=1S/C18H12BrNO3/c19-15-8-6-13(7-9-15)17(21)18(22)23-11-14-4-1-3-12-5-2-10-20-16(12)14/h1-10H,11H2. The number of ether oxygens (including phenoxy) is 1. The van der Waals surface area contributed by atoms with Crippen molar-refractivity contribution in [3.05, 3.63) is 76.4 Å². The van der Waals surface area contributed by atoms with E-state index in [1.165, 1.54) is 0 Å². The molecule has 0 amide bonds. The van der Waals surface area contributed by atoms with Gasteiger partial charge in [-0.25, -0.2) is 4.79 Å². The van der Waals surface area contributed by atoms with Gasteiger partial charge in [0.1, 0.15) is 6.61 Å². The Hall–Kier alpha value is -2.53. The predicted octanol–water partition coefficient (Wildman–Crippen LogP) is 3.92. The predicted molar refractivity (Wildman–Crippen MR) is 90.0 cm³/mol. The van der Waals surface area contributed by atoms with E-state index in [4.69, 9.17) is 4.74 Å². The number of rotatable bonds is 4.